The fourth-order valence-corrected chi connectivity index (χ4v) is 3.85. The number of aromatic nitrogens is 2. The Morgan fingerprint density at radius 2 is 2.00 bits per heavy atom. The number of anilines is 1. The zero-order valence-corrected chi connectivity index (χ0v) is 17.9. The number of carbonyl (C=O) groups excluding carboxylic acids is 2. The number of nitriles is 1. The van der Waals surface area contributed by atoms with E-state index in [1.54, 1.807) is 42.6 Å². The zero-order valence-electron chi connectivity index (χ0n) is 17.0. The molecule has 3 rings (SSSR count). The van der Waals surface area contributed by atoms with Crippen LogP contribution in [0.2, 0.25) is 0 Å². The Labute approximate surface area is 183 Å². The first-order valence-corrected chi connectivity index (χ1v) is 10.4. The lowest BCUT2D eigenvalue weighted by Crippen LogP contribution is -2.21. The quantitative estimate of drug-likeness (QED) is 0.418. The Bertz CT molecular complexity index is 1100. The number of thioether (sulfide) groups is 1. The first-order valence-electron chi connectivity index (χ1n) is 9.40. The number of hydrogen-bond donors (Lipinski definition) is 1. The molecule has 1 N–H and O–H groups in total. The second kappa shape index (κ2) is 10.4. The van der Waals surface area contributed by atoms with Crippen molar-refractivity contribution in [3.8, 4) is 6.07 Å². The number of esters is 1. The van der Waals surface area contributed by atoms with Crippen molar-refractivity contribution >= 4 is 29.3 Å². The van der Waals surface area contributed by atoms with Crippen molar-refractivity contribution in [2.75, 3.05) is 11.9 Å². The largest absolute Gasteiger partial charge is 0.452 e. The van der Waals surface area contributed by atoms with Gasteiger partial charge in [0.1, 0.15) is 10.8 Å². The van der Waals surface area contributed by atoms with Crippen molar-refractivity contribution in [1.82, 2.24) is 10.1 Å². The van der Waals surface area contributed by atoms with Crippen LogP contribution in [-0.2, 0) is 21.7 Å². The van der Waals surface area contributed by atoms with E-state index in [4.69, 9.17) is 14.5 Å². The first kappa shape index (κ1) is 22.1. The summed E-state index contributed by atoms with van der Waals surface area (Å²) in [5, 5.41) is 15.8. The number of ether oxygens (including phenoxy) is 1. The number of pyridine rings is 1. The molecule has 0 aliphatic heterocycles. The van der Waals surface area contributed by atoms with Gasteiger partial charge in [0, 0.05) is 23.2 Å². The Morgan fingerprint density at radius 1 is 1.23 bits per heavy atom. The molecule has 0 radical (unpaired) electrons. The topological polar surface area (TPSA) is 118 Å². The molecule has 1 aromatic carbocycles. The van der Waals surface area contributed by atoms with Gasteiger partial charge in [0.25, 0.3) is 5.91 Å². The van der Waals surface area contributed by atoms with Crippen LogP contribution in [0.15, 0.2) is 52.1 Å². The van der Waals surface area contributed by atoms with Crippen LogP contribution >= 0.6 is 11.8 Å². The SMILES string of the molecule is Cc1noc(C)c1CSc1ncccc1C(=O)OCC(=O)Nc1ccc(CC#N)cc1. The number of carbonyl (C=O) groups is 2. The molecule has 0 aliphatic carbocycles. The van der Waals surface area contributed by atoms with Crippen LogP contribution in [0, 0.1) is 25.2 Å². The molecular weight excluding hydrogens is 416 g/mol. The lowest BCUT2D eigenvalue weighted by atomic mass is 10.1. The fraction of sp³-hybridized carbons (Fsp3) is 0.227. The van der Waals surface area contributed by atoms with Gasteiger partial charge >= 0.3 is 5.97 Å². The van der Waals surface area contributed by atoms with Gasteiger partial charge in [0.2, 0.25) is 0 Å². The smallest absolute Gasteiger partial charge is 0.341 e. The number of nitrogens with zero attached hydrogens (tertiary/aromatic N) is 3. The van der Waals surface area contributed by atoms with Crippen molar-refractivity contribution in [3.05, 3.63) is 70.7 Å². The summed E-state index contributed by atoms with van der Waals surface area (Å²) in [6, 6.07) is 12.2. The summed E-state index contributed by atoms with van der Waals surface area (Å²) in [5.74, 6) is 0.173. The summed E-state index contributed by atoms with van der Waals surface area (Å²) < 4.78 is 10.3. The monoisotopic (exact) mass is 436 g/mol. The highest BCUT2D eigenvalue weighted by Crippen LogP contribution is 2.27. The summed E-state index contributed by atoms with van der Waals surface area (Å²) >= 11 is 1.37. The summed E-state index contributed by atoms with van der Waals surface area (Å²) in [6.45, 7) is 3.26. The molecule has 0 aliphatic rings. The van der Waals surface area contributed by atoms with E-state index in [1.165, 1.54) is 11.8 Å². The fourth-order valence-electron chi connectivity index (χ4n) is 2.71. The molecule has 0 bridgehead atoms. The highest BCUT2D eigenvalue weighted by Gasteiger charge is 2.17. The number of aryl methyl sites for hydroxylation is 2. The van der Waals surface area contributed by atoms with E-state index < -0.39 is 18.5 Å². The van der Waals surface area contributed by atoms with E-state index in [0.29, 0.717) is 22.9 Å². The van der Waals surface area contributed by atoms with Crippen LogP contribution < -0.4 is 5.32 Å². The minimum Gasteiger partial charge on any atom is -0.452 e. The van der Waals surface area contributed by atoms with E-state index in [0.717, 1.165) is 22.6 Å². The highest BCUT2D eigenvalue weighted by atomic mass is 32.2. The molecule has 0 unspecified atom stereocenters. The van der Waals surface area contributed by atoms with E-state index in [1.807, 2.05) is 13.8 Å². The third kappa shape index (κ3) is 5.93. The van der Waals surface area contributed by atoms with Crippen LogP contribution in [0.4, 0.5) is 5.69 Å². The van der Waals surface area contributed by atoms with Crippen molar-refractivity contribution in [2.45, 2.75) is 31.0 Å². The Balaban J connectivity index is 1.56. The van der Waals surface area contributed by atoms with E-state index >= 15 is 0 Å². The minimum absolute atomic E-state index is 0.285. The van der Waals surface area contributed by atoms with Gasteiger partial charge in [-0.1, -0.05) is 17.3 Å². The lowest BCUT2D eigenvalue weighted by molar-refractivity contribution is -0.119. The highest BCUT2D eigenvalue weighted by molar-refractivity contribution is 7.98. The second-order valence-corrected chi connectivity index (χ2v) is 7.57. The van der Waals surface area contributed by atoms with Crippen molar-refractivity contribution < 1.29 is 18.8 Å². The molecule has 9 heteroatoms. The van der Waals surface area contributed by atoms with Crippen LogP contribution in [-0.4, -0.2) is 28.6 Å². The Morgan fingerprint density at radius 3 is 2.68 bits per heavy atom. The maximum Gasteiger partial charge on any atom is 0.341 e. The predicted molar refractivity (Wildman–Crippen MR) is 114 cm³/mol. The zero-order chi connectivity index (χ0) is 22.2. The summed E-state index contributed by atoms with van der Waals surface area (Å²) in [7, 11) is 0. The lowest BCUT2D eigenvalue weighted by Gasteiger charge is -2.09. The average Bonchev–Trinajstić information content (AvgIpc) is 3.09. The summed E-state index contributed by atoms with van der Waals surface area (Å²) in [4.78, 5) is 28.9. The molecule has 0 atom stereocenters. The standard InChI is InChI=1S/C22H20N4O4S/c1-14-19(15(2)30-26-14)13-31-21-18(4-3-11-24-21)22(28)29-12-20(27)25-17-7-5-16(6-8-17)9-10-23/h3-8,11H,9,12-13H2,1-2H3,(H,25,27). The Hall–Kier alpha value is -3.64. The first-order chi connectivity index (χ1) is 15.0. The van der Waals surface area contributed by atoms with Gasteiger partial charge in [-0.2, -0.15) is 5.26 Å². The van der Waals surface area contributed by atoms with Gasteiger partial charge in [0.15, 0.2) is 6.61 Å². The van der Waals surface area contributed by atoms with Crippen LogP contribution in [0.1, 0.15) is 32.9 Å². The molecule has 0 fully saturated rings. The molecular formula is C22H20N4O4S. The second-order valence-electron chi connectivity index (χ2n) is 6.60. The third-order valence-electron chi connectivity index (χ3n) is 4.38. The number of nitrogens with one attached hydrogen (secondary N) is 1. The van der Waals surface area contributed by atoms with Gasteiger partial charge in [-0.05, 0) is 43.7 Å². The van der Waals surface area contributed by atoms with Gasteiger partial charge in [0.05, 0.1) is 23.7 Å². The normalized spacial score (nSPS) is 10.4. The van der Waals surface area contributed by atoms with Gasteiger partial charge in [-0.3, -0.25) is 4.79 Å². The van der Waals surface area contributed by atoms with Gasteiger partial charge in [-0.25, -0.2) is 9.78 Å². The van der Waals surface area contributed by atoms with E-state index in [-0.39, 0.29) is 5.56 Å². The number of hydrogen-bond acceptors (Lipinski definition) is 8. The number of amides is 1. The molecule has 31 heavy (non-hydrogen) atoms. The molecule has 2 heterocycles. The maximum atomic E-state index is 12.5. The molecule has 3 aromatic rings. The molecule has 0 spiro atoms. The van der Waals surface area contributed by atoms with E-state index in [9.17, 15) is 9.59 Å². The summed E-state index contributed by atoms with van der Waals surface area (Å²) in [5.41, 5.74) is 3.44. The molecule has 0 saturated heterocycles. The van der Waals surface area contributed by atoms with E-state index in [2.05, 4.69) is 21.5 Å². The predicted octanol–water partition coefficient (Wildman–Crippen LogP) is 3.84. The molecule has 8 nitrogen and oxygen atoms in total. The average molecular weight is 436 g/mol. The van der Waals surface area contributed by atoms with Crippen LogP contribution in [0.3, 0.4) is 0 Å². The molecule has 1 amide bonds. The van der Waals surface area contributed by atoms with Gasteiger partial charge < -0.3 is 14.6 Å². The van der Waals surface area contributed by atoms with Crippen molar-refractivity contribution in [3.63, 3.8) is 0 Å². The number of rotatable bonds is 8. The number of benzene rings is 1. The minimum atomic E-state index is -0.631. The molecule has 2 aromatic heterocycles. The third-order valence-corrected chi connectivity index (χ3v) is 5.41. The van der Waals surface area contributed by atoms with Crippen molar-refractivity contribution in [2.24, 2.45) is 0 Å². The summed E-state index contributed by atoms with van der Waals surface area (Å²) in [6.07, 6.45) is 1.89. The molecule has 0 saturated carbocycles. The molecule has 158 valence electrons. The van der Waals surface area contributed by atoms with Crippen LogP contribution in [0.5, 0.6) is 0 Å². The maximum absolute atomic E-state index is 12.5. The van der Waals surface area contributed by atoms with Crippen molar-refractivity contribution in [1.29, 1.82) is 5.26 Å². The van der Waals surface area contributed by atoms with Crippen LogP contribution in [0.25, 0.3) is 0 Å². The Kier molecular flexibility index (Phi) is 7.40. The van der Waals surface area contributed by atoms with Gasteiger partial charge in [-0.15, -0.1) is 11.8 Å².